The van der Waals surface area contributed by atoms with Crippen LogP contribution in [-0.4, -0.2) is 50.0 Å². The summed E-state index contributed by atoms with van der Waals surface area (Å²) >= 11 is 0. The van der Waals surface area contributed by atoms with Gasteiger partial charge in [-0.1, -0.05) is 67.1 Å². The number of nitrogens with zero attached hydrogens (tertiary/aromatic N) is 2. The SMILES string of the molecule is CN=C(NCC1CC(=O)N(CCc2ccccc2)C1)NCC1(c2ccccc2)CCC1.I. The number of benzene rings is 2. The summed E-state index contributed by atoms with van der Waals surface area (Å²) < 4.78 is 0. The van der Waals surface area contributed by atoms with E-state index in [4.69, 9.17) is 0 Å². The van der Waals surface area contributed by atoms with Crippen LogP contribution in [0, 0.1) is 5.92 Å². The molecule has 2 aliphatic rings. The summed E-state index contributed by atoms with van der Waals surface area (Å²) in [6.07, 6.45) is 5.25. The van der Waals surface area contributed by atoms with Gasteiger partial charge in [0.15, 0.2) is 5.96 Å². The molecule has 0 radical (unpaired) electrons. The Bertz CT molecular complexity index is 883. The first-order valence-corrected chi connectivity index (χ1v) is 11.5. The van der Waals surface area contributed by atoms with Crippen molar-refractivity contribution in [1.82, 2.24) is 15.5 Å². The van der Waals surface area contributed by atoms with Gasteiger partial charge in [-0.25, -0.2) is 0 Å². The van der Waals surface area contributed by atoms with Crippen LogP contribution in [0.15, 0.2) is 65.7 Å². The summed E-state index contributed by atoms with van der Waals surface area (Å²) in [7, 11) is 1.82. The second-order valence-corrected chi connectivity index (χ2v) is 8.95. The second kappa shape index (κ2) is 11.7. The minimum atomic E-state index is 0. The van der Waals surface area contributed by atoms with E-state index < -0.39 is 0 Å². The largest absolute Gasteiger partial charge is 0.356 e. The highest BCUT2D eigenvalue weighted by Crippen LogP contribution is 2.43. The third-order valence-electron chi connectivity index (χ3n) is 6.88. The molecule has 1 amide bonds. The quantitative estimate of drug-likeness (QED) is 0.299. The predicted octanol–water partition coefficient (Wildman–Crippen LogP) is 3.98. The number of guanidine groups is 1. The normalized spacial score (nSPS) is 19.8. The molecule has 2 fully saturated rings. The number of likely N-dealkylation sites (tertiary alicyclic amines) is 1. The molecule has 1 saturated carbocycles. The maximum atomic E-state index is 12.4. The summed E-state index contributed by atoms with van der Waals surface area (Å²) in [6.45, 7) is 3.28. The van der Waals surface area contributed by atoms with E-state index in [1.807, 2.05) is 18.0 Å². The first-order valence-electron chi connectivity index (χ1n) is 11.5. The number of carbonyl (C=O) groups is 1. The lowest BCUT2D eigenvalue weighted by Gasteiger charge is -2.43. The highest BCUT2D eigenvalue weighted by atomic mass is 127. The number of hydrogen-bond acceptors (Lipinski definition) is 2. The van der Waals surface area contributed by atoms with E-state index in [9.17, 15) is 4.79 Å². The number of nitrogens with one attached hydrogen (secondary N) is 2. The van der Waals surface area contributed by atoms with Crippen molar-refractivity contribution < 1.29 is 4.79 Å². The Kier molecular flexibility index (Phi) is 8.96. The molecule has 1 aliphatic carbocycles. The van der Waals surface area contributed by atoms with Crippen molar-refractivity contribution >= 4 is 35.8 Å². The Balaban J connectivity index is 0.00000289. The van der Waals surface area contributed by atoms with Crippen molar-refractivity contribution in [3.63, 3.8) is 0 Å². The topological polar surface area (TPSA) is 56.7 Å². The molecule has 0 spiro atoms. The number of halogens is 1. The molecule has 0 bridgehead atoms. The molecule has 6 heteroatoms. The Morgan fingerprint density at radius 1 is 1.06 bits per heavy atom. The maximum Gasteiger partial charge on any atom is 0.223 e. The fourth-order valence-corrected chi connectivity index (χ4v) is 4.79. The van der Waals surface area contributed by atoms with Crippen LogP contribution in [0.25, 0.3) is 0 Å². The summed E-state index contributed by atoms with van der Waals surface area (Å²) in [5.74, 6) is 1.43. The van der Waals surface area contributed by atoms with Gasteiger partial charge in [0.25, 0.3) is 0 Å². The molecule has 5 nitrogen and oxygen atoms in total. The summed E-state index contributed by atoms with van der Waals surface area (Å²) in [5.41, 5.74) is 2.92. The molecule has 1 aliphatic heterocycles. The Morgan fingerprint density at radius 3 is 2.38 bits per heavy atom. The zero-order valence-corrected chi connectivity index (χ0v) is 21.3. The van der Waals surface area contributed by atoms with Gasteiger partial charge in [-0.15, -0.1) is 24.0 Å². The van der Waals surface area contributed by atoms with Crippen LogP contribution < -0.4 is 10.6 Å². The van der Waals surface area contributed by atoms with Gasteiger partial charge in [-0.3, -0.25) is 9.79 Å². The number of amides is 1. The van der Waals surface area contributed by atoms with Gasteiger partial charge in [-0.2, -0.15) is 0 Å². The van der Waals surface area contributed by atoms with Crippen LogP contribution in [0.3, 0.4) is 0 Å². The van der Waals surface area contributed by atoms with E-state index in [0.717, 1.165) is 38.6 Å². The highest BCUT2D eigenvalue weighted by Gasteiger charge is 2.38. The summed E-state index contributed by atoms with van der Waals surface area (Å²) in [6, 6.07) is 21.2. The van der Waals surface area contributed by atoms with Gasteiger partial charge < -0.3 is 15.5 Å². The molecule has 1 unspecified atom stereocenters. The first-order chi connectivity index (χ1) is 15.2. The number of aliphatic imine (C=N–C) groups is 1. The maximum absolute atomic E-state index is 12.4. The minimum Gasteiger partial charge on any atom is -0.356 e. The summed E-state index contributed by atoms with van der Waals surface area (Å²) in [5, 5.41) is 7.00. The van der Waals surface area contributed by atoms with Crippen molar-refractivity contribution in [3.05, 3.63) is 71.8 Å². The van der Waals surface area contributed by atoms with Crippen molar-refractivity contribution in [3.8, 4) is 0 Å². The first kappa shape index (κ1) is 24.6. The van der Waals surface area contributed by atoms with Crippen LogP contribution in [0.5, 0.6) is 0 Å². The van der Waals surface area contributed by atoms with E-state index in [1.165, 1.54) is 30.4 Å². The van der Waals surface area contributed by atoms with Crippen LogP contribution in [0.2, 0.25) is 0 Å². The van der Waals surface area contributed by atoms with E-state index in [2.05, 4.69) is 70.2 Å². The van der Waals surface area contributed by atoms with Crippen LogP contribution in [0.4, 0.5) is 0 Å². The molecular formula is C26H35IN4O. The Morgan fingerprint density at radius 2 is 1.75 bits per heavy atom. The van der Waals surface area contributed by atoms with E-state index in [1.54, 1.807) is 0 Å². The van der Waals surface area contributed by atoms with Crippen molar-refractivity contribution in [2.75, 3.05) is 33.2 Å². The number of carbonyl (C=O) groups excluding carboxylic acids is 1. The average Bonchev–Trinajstić information content (AvgIpc) is 3.14. The standard InChI is InChI=1S/C26H34N4O.HI/c1-27-25(29-20-26(14-8-15-26)23-11-6-3-7-12-23)28-18-22-17-24(31)30(19-22)16-13-21-9-4-2-5-10-21;/h2-7,9-12,22H,8,13-20H2,1H3,(H2,27,28,29);1H. The lowest BCUT2D eigenvalue weighted by molar-refractivity contribution is -0.127. The lowest BCUT2D eigenvalue weighted by atomic mass is 9.64. The number of rotatable bonds is 8. The second-order valence-electron chi connectivity index (χ2n) is 8.95. The molecule has 0 aromatic heterocycles. The molecule has 4 rings (SSSR count). The highest BCUT2D eigenvalue weighted by molar-refractivity contribution is 14.0. The molecule has 172 valence electrons. The summed E-state index contributed by atoms with van der Waals surface area (Å²) in [4.78, 5) is 18.9. The molecule has 2 aromatic carbocycles. The molecule has 1 saturated heterocycles. The van der Waals surface area contributed by atoms with Gasteiger partial charge in [0.05, 0.1) is 0 Å². The lowest BCUT2D eigenvalue weighted by Crippen LogP contribution is -2.49. The monoisotopic (exact) mass is 546 g/mol. The minimum absolute atomic E-state index is 0. The molecular weight excluding hydrogens is 511 g/mol. The average molecular weight is 546 g/mol. The van der Waals surface area contributed by atoms with Crippen molar-refractivity contribution in [1.29, 1.82) is 0 Å². The van der Waals surface area contributed by atoms with Crippen LogP contribution >= 0.6 is 24.0 Å². The fraction of sp³-hybridized carbons (Fsp3) is 0.462. The van der Waals surface area contributed by atoms with Gasteiger partial charge in [0.1, 0.15) is 0 Å². The van der Waals surface area contributed by atoms with Crippen LogP contribution in [-0.2, 0) is 16.6 Å². The van der Waals surface area contributed by atoms with Crippen molar-refractivity contribution in [2.24, 2.45) is 10.9 Å². The van der Waals surface area contributed by atoms with Gasteiger partial charge >= 0.3 is 0 Å². The zero-order chi connectivity index (χ0) is 21.5. The zero-order valence-electron chi connectivity index (χ0n) is 18.9. The predicted molar refractivity (Wildman–Crippen MR) is 142 cm³/mol. The molecule has 1 atom stereocenters. The molecule has 1 heterocycles. The Labute approximate surface area is 209 Å². The number of hydrogen-bond donors (Lipinski definition) is 2. The van der Waals surface area contributed by atoms with Crippen molar-refractivity contribution in [2.45, 2.75) is 37.5 Å². The van der Waals surface area contributed by atoms with Gasteiger partial charge in [0.2, 0.25) is 5.91 Å². The third-order valence-corrected chi connectivity index (χ3v) is 6.88. The third kappa shape index (κ3) is 6.03. The molecule has 2 N–H and O–H groups in total. The van der Waals surface area contributed by atoms with Gasteiger partial charge in [-0.05, 0) is 30.4 Å². The van der Waals surface area contributed by atoms with Gasteiger partial charge in [0, 0.05) is 51.0 Å². The Hall–Kier alpha value is -2.09. The smallest absolute Gasteiger partial charge is 0.223 e. The molecule has 32 heavy (non-hydrogen) atoms. The van der Waals surface area contributed by atoms with E-state index in [0.29, 0.717) is 12.3 Å². The van der Waals surface area contributed by atoms with E-state index in [-0.39, 0.29) is 35.3 Å². The van der Waals surface area contributed by atoms with Crippen LogP contribution in [0.1, 0.15) is 36.8 Å². The molecule has 2 aromatic rings. The fourth-order valence-electron chi connectivity index (χ4n) is 4.79. The van der Waals surface area contributed by atoms with E-state index >= 15 is 0 Å².